The lowest BCUT2D eigenvalue weighted by atomic mass is 10.2. The topological polar surface area (TPSA) is 143 Å². The Morgan fingerprint density at radius 3 is 2.48 bits per heavy atom. The van der Waals surface area contributed by atoms with Crippen LogP contribution in [0.1, 0.15) is 12.8 Å². The molecule has 3 rings (SSSR count). The Labute approximate surface area is 140 Å². The molecule has 1 amide bonds. The molecule has 0 spiro atoms. The van der Waals surface area contributed by atoms with Crippen molar-refractivity contribution < 1.29 is 24.2 Å². The second-order valence-electron chi connectivity index (χ2n) is 5.58. The maximum Gasteiger partial charge on any atom is 0.303 e. The van der Waals surface area contributed by atoms with Crippen LogP contribution in [0.25, 0.3) is 11.0 Å². The van der Waals surface area contributed by atoms with Gasteiger partial charge in [0.2, 0.25) is 11.4 Å². The van der Waals surface area contributed by atoms with Gasteiger partial charge in [0.15, 0.2) is 5.52 Å². The third kappa shape index (κ3) is 3.34. The zero-order valence-electron chi connectivity index (χ0n) is 13.1. The number of carbonyl (C=O) groups excluding carboxylic acids is 1. The first kappa shape index (κ1) is 16.6. The summed E-state index contributed by atoms with van der Waals surface area (Å²) >= 11 is 0. The number of carbonyl (C=O) groups is 2. The van der Waals surface area contributed by atoms with Crippen LogP contribution in [0, 0.1) is 10.1 Å². The number of benzene rings is 1. The van der Waals surface area contributed by atoms with Crippen LogP contribution in [0.2, 0.25) is 0 Å². The number of anilines is 1. The molecule has 25 heavy (non-hydrogen) atoms. The molecular formula is C14H15N5O6. The van der Waals surface area contributed by atoms with Crippen molar-refractivity contribution in [2.75, 3.05) is 31.1 Å². The molecule has 0 aliphatic carbocycles. The Morgan fingerprint density at radius 2 is 1.84 bits per heavy atom. The molecule has 0 radical (unpaired) electrons. The number of fused-ring (bicyclic) bond motifs is 1. The van der Waals surface area contributed by atoms with E-state index in [4.69, 9.17) is 5.11 Å². The van der Waals surface area contributed by atoms with E-state index in [1.165, 1.54) is 6.07 Å². The first-order valence-electron chi connectivity index (χ1n) is 7.61. The van der Waals surface area contributed by atoms with E-state index < -0.39 is 10.9 Å². The molecular weight excluding hydrogens is 334 g/mol. The Hall–Kier alpha value is -3.24. The molecule has 1 fully saturated rings. The van der Waals surface area contributed by atoms with E-state index >= 15 is 0 Å². The molecule has 0 atom stereocenters. The summed E-state index contributed by atoms with van der Waals surface area (Å²) in [5, 5.41) is 27.0. The molecule has 1 aromatic heterocycles. The number of carboxylic acid groups (broad SMARTS) is 1. The molecule has 1 aliphatic rings. The van der Waals surface area contributed by atoms with Crippen LogP contribution in [0.4, 0.5) is 11.4 Å². The molecule has 2 aromatic rings. The van der Waals surface area contributed by atoms with E-state index in [1.54, 1.807) is 11.0 Å². The largest absolute Gasteiger partial charge is 0.481 e. The predicted octanol–water partition coefficient (Wildman–Crippen LogP) is 0.644. The van der Waals surface area contributed by atoms with Crippen molar-refractivity contribution in [3.05, 3.63) is 22.2 Å². The first-order valence-corrected chi connectivity index (χ1v) is 7.61. The predicted molar refractivity (Wildman–Crippen MR) is 84.1 cm³/mol. The van der Waals surface area contributed by atoms with Gasteiger partial charge in [-0.3, -0.25) is 19.7 Å². The van der Waals surface area contributed by atoms with Crippen molar-refractivity contribution in [3.63, 3.8) is 0 Å². The minimum atomic E-state index is -1.00. The number of nitro benzene ring substituents is 1. The highest BCUT2D eigenvalue weighted by Gasteiger charge is 2.26. The van der Waals surface area contributed by atoms with E-state index in [-0.39, 0.29) is 30.0 Å². The normalized spacial score (nSPS) is 14.7. The van der Waals surface area contributed by atoms with Crippen molar-refractivity contribution in [3.8, 4) is 0 Å². The lowest BCUT2D eigenvalue weighted by Crippen LogP contribution is -2.48. The van der Waals surface area contributed by atoms with Crippen LogP contribution in [0.5, 0.6) is 0 Å². The van der Waals surface area contributed by atoms with Gasteiger partial charge in [0.25, 0.3) is 0 Å². The number of amides is 1. The standard InChI is InChI=1S/C14H15N5O6/c20-11(3-4-12(21)22)18-7-5-17(6-8-18)9-1-2-10(19(23)24)14-13(9)15-25-16-14/h1-2H,3-8H2,(H,21,22). The highest BCUT2D eigenvalue weighted by atomic mass is 16.6. The minimum Gasteiger partial charge on any atom is -0.481 e. The Kier molecular flexibility index (Phi) is 4.46. The van der Waals surface area contributed by atoms with Gasteiger partial charge in [-0.15, -0.1) is 0 Å². The van der Waals surface area contributed by atoms with E-state index in [1.807, 2.05) is 4.90 Å². The number of carboxylic acids is 1. The molecule has 132 valence electrons. The zero-order chi connectivity index (χ0) is 18.0. The summed E-state index contributed by atoms with van der Waals surface area (Å²) < 4.78 is 4.65. The fourth-order valence-electron chi connectivity index (χ4n) is 2.81. The molecule has 0 unspecified atom stereocenters. The van der Waals surface area contributed by atoms with Crippen molar-refractivity contribution in [1.29, 1.82) is 0 Å². The maximum absolute atomic E-state index is 12.0. The van der Waals surface area contributed by atoms with Gasteiger partial charge in [-0.2, -0.15) is 0 Å². The van der Waals surface area contributed by atoms with Crippen molar-refractivity contribution in [2.24, 2.45) is 0 Å². The van der Waals surface area contributed by atoms with Gasteiger partial charge < -0.3 is 14.9 Å². The monoisotopic (exact) mass is 349 g/mol. The maximum atomic E-state index is 12.0. The number of aromatic nitrogens is 2. The Morgan fingerprint density at radius 1 is 1.16 bits per heavy atom. The number of hydrogen-bond donors (Lipinski definition) is 1. The van der Waals surface area contributed by atoms with Crippen molar-refractivity contribution >= 4 is 34.3 Å². The van der Waals surface area contributed by atoms with E-state index in [0.717, 1.165) is 0 Å². The number of piperazine rings is 1. The summed E-state index contributed by atoms with van der Waals surface area (Å²) in [6, 6.07) is 2.94. The second-order valence-corrected chi connectivity index (χ2v) is 5.58. The van der Waals surface area contributed by atoms with Gasteiger partial charge in [0.1, 0.15) is 0 Å². The van der Waals surface area contributed by atoms with E-state index in [2.05, 4.69) is 14.9 Å². The first-order chi connectivity index (χ1) is 12.0. The summed E-state index contributed by atoms with van der Waals surface area (Å²) in [5.41, 5.74) is 0.865. The summed E-state index contributed by atoms with van der Waals surface area (Å²) in [6.45, 7) is 1.86. The summed E-state index contributed by atoms with van der Waals surface area (Å²) in [6.07, 6.45) is -0.211. The van der Waals surface area contributed by atoms with Crippen LogP contribution in [0.15, 0.2) is 16.8 Å². The van der Waals surface area contributed by atoms with Gasteiger partial charge in [-0.25, -0.2) is 4.63 Å². The third-order valence-electron chi connectivity index (χ3n) is 4.10. The molecule has 2 heterocycles. The highest BCUT2D eigenvalue weighted by molar-refractivity contribution is 5.94. The van der Waals surface area contributed by atoms with Gasteiger partial charge in [-0.05, 0) is 16.4 Å². The number of hydrogen-bond acceptors (Lipinski definition) is 8. The SMILES string of the molecule is O=C(O)CCC(=O)N1CCN(c2ccc([N+](=O)[O-])c3nonc23)CC1. The molecule has 0 saturated carbocycles. The number of nitrogens with zero attached hydrogens (tertiary/aromatic N) is 5. The van der Waals surface area contributed by atoms with Gasteiger partial charge in [-0.1, -0.05) is 0 Å². The van der Waals surface area contributed by atoms with Gasteiger partial charge >= 0.3 is 11.7 Å². The average Bonchev–Trinajstić information content (AvgIpc) is 3.08. The zero-order valence-corrected chi connectivity index (χ0v) is 13.1. The molecule has 11 nitrogen and oxygen atoms in total. The Bertz CT molecular complexity index is 826. The molecule has 1 aromatic carbocycles. The highest BCUT2D eigenvalue weighted by Crippen LogP contribution is 2.31. The fraction of sp³-hybridized carbons (Fsp3) is 0.429. The van der Waals surface area contributed by atoms with Crippen LogP contribution in [-0.2, 0) is 9.59 Å². The Balaban J connectivity index is 1.71. The summed E-state index contributed by atoms with van der Waals surface area (Å²) in [4.78, 5) is 36.6. The number of non-ortho nitro benzene ring substituents is 1. The second kappa shape index (κ2) is 6.71. The molecule has 1 saturated heterocycles. The van der Waals surface area contributed by atoms with Crippen LogP contribution in [-0.4, -0.2) is 63.3 Å². The number of nitro groups is 1. The average molecular weight is 349 g/mol. The minimum absolute atomic E-state index is 0.0235. The molecule has 1 aliphatic heterocycles. The van der Waals surface area contributed by atoms with Crippen LogP contribution in [0.3, 0.4) is 0 Å². The third-order valence-corrected chi connectivity index (χ3v) is 4.10. The number of aliphatic carboxylic acids is 1. The summed E-state index contributed by atoms with van der Waals surface area (Å²) in [7, 11) is 0. The quantitative estimate of drug-likeness (QED) is 0.607. The molecule has 1 N–H and O–H groups in total. The molecule has 0 bridgehead atoms. The molecule has 11 heteroatoms. The van der Waals surface area contributed by atoms with Gasteiger partial charge in [0.05, 0.1) is 17.0 Å². The van der Waals surface area contributed by atoms with Gasteiger partial charge in [0, 0.05) is 38.7 Å². The number of rotatable bonds is 5. The van der Waals surface area contributed by atoms with E-state index in [9.17, 15) is 19.7 Å². The fourth-order valence-corrected chi connectivity index (χ4v) is 2.81. The van der Waals surface area contributed by atoms with Crippen molar-refractivity contribution in [2.45, 2.75) is 12.8 Å². The smallest absolute Gasteiger partial charge is 0.303 e. The summed E-state index contributed by atoms with van der Waals surface area (Å²) in [5.74, 6) is -1.20. The lowest BCUT2D eigenvalue weighted by molar-refractivity contribution is -0.383. The van der Waals surface area contributed by atoms with Crippen LogP contribution < -0.4 is 4.90 Å². The van der Waals surface area contributed by atoms with E-state index in [0.29, 0.717) is 37.4 Å². The lowest BCUT2D eigenvalue weighted by Gasteiger charge is -2.36. The van der Waals surface area contributed by atoms with Crippen LogP contribution >= 0.6 is 0 Å². The van der Waals surface area contributed by atoms with Crippen molar-refractivity contribution in [1.82, 2.24) is 15.2 Å².